The van der Waals surface area contributed by atoms with E-state index in [1.54, 1.807) is 13.2 Å². The molecule has 3 rings (SSSR count). The van der Waals surface area contributed by atoms with Gasteiger partial charge in [0.1, 0.15) is 5.75 Å². The standard InChI is InChI=1S/C19H21Cl2N3O2/c1-26-16-5-2-14(3-6-16)13-22-19(25)24-10-8-23(9-11-24)18-7-4-15(20)12-17(18)21/h2-7,12H,8-11,13H2,1H3,(H,22,25). The molecule has 0 saturated carbocycles. The van der Waals surface area contributed by atoms with Crippen molar-refractivity contribution in [2.45, 2.75) is 6.54 Å². The van der Waals surface area contributed by atoms with E-state index >= 15 is 0 Å². The minimum Gasteiger partial charge on any atom is -0.497 e. The van der Waals surface area contributed by atoms with Gasteiger partial charge in [0.2, 0.25) is 0 Å². The summed E-state index contributed by atoms with van der Waals surface area (Å²) >= 11 is 12.2. The lowest BCUT2D eigenvalue weighted by Crippen LogP contribution is -2.51. The number of hydrogen-bond acceptors (Lipinski definition) is 3. The Kier molecular flexibility index (Phi) is 6.12. The lowest BCUT2D eigenvalue weighted by atomic mass is 10.2. The van der Waals surface area contributed by atoms with Gasteiger partial charge in [0, 0.05) is 37.7 Å². The van der Waals surface area contributed by atoms with Gasteiger partial charge in [-0.05, 0) is 35.9 Å². The molecule has 1 aliphatic rings. The molecule has 1 heterocycles. The van der Waals surface area contributed by atoms with E-state index in [4.69, 9.17) is 27.9 Å². The fourth-order valence-corrected chi connectivity index (χ4v) is 3.45. The number of piperazine rings is 1. The van der Waals surface area contributed by atoms with Crippen molar-refractivity contribution < 1.29 is 9.53 Å². The quantitative estimate of drug-likeness (QED) is 0.852. The summed E-state index contributed by atoms with van der Waals surface area (Å²) in [5.41, 5.74) is 1.99. The van der Waals surface area contributed by atoms with E-state index < -0.39 is 0 Å². The van der Waals surface area contributed by atoms with Crippen molar-refractivity contribution in [3.63, 3.8) is 0 Å². The second-order valence-electron chi connectivity index (χ2n) is 6.08. The van der Waals surface area contributed by atoms with Gasteiger partial charge in [0.05, 0.1) is 17.8 Å². The van der Waals surface area contributed by atoms with Crippen LogP contribution in [0.15, 0.2) is 42.5 Å². The number of nitrogens with one attached hydrogen (secondary N) is 1. The maximum Gasteiger partial charge on any atom is 0.317 e. The molecule has 0 aliphatic carbocycles. The zero-order valence-corrected chi connectivity index (χ0v) is 16.1. The molecule has 0 bridgehead atoms. The van der Waals surface area contributed by atoms with Crippen molar-refractivity contribution >= 4 is 34.9 Å². The highest BCUT2D eigenvalue weighted by atomic mass is 35.5. The van der Waals surface area contributed by atoms with E-state index in [0.717, 1.165) is 30.1 Å². The fraction of sp³-hybridized carbons (Fsp3) is 0.316. The maximum atomic E-state index is 12.4. The Hall–Kier alpha value is -2.11. The van der Waals surface area contributed by atoms with Crippen LogP contribution >= 0.6 is 23.2 Å². The molecule has 7 heteroatoms. The van der Waals surface area contributed by atoms with E-state index in [-0.39, 0.29) is 6.03 Å². The van der Waals surface area contributed by atoms with Crippen molar-refractivity contribution in [1.29, 1.82) is 0 Å². The van der Waals surface area contributed by atoms with Crippen LogP contribution in [0.25, 0.3) is 0 Å². The van der Waals surface area contributed by atoms with Crippen LogP contribution in [-0.4, -0.2) is 44.2 Å². The van der Waals surface area contributed by atoms with Gasteiger partial charge in [-0.1, -0.05) is 35.3 Å². The molecule has 26 heavy (non-hydrogen) atoms. The predicted molar refractivity (Wildman–Crippen MR) is 105 cm³/mol. The highest BCUT2D eigenvalue weighted by molar-refractivity contribution is 6.36. The number of anilines is 1. The Morgan fingerprint density at radius 2 is 1.77 bits per heavy atom. The first-order valence-corrected chi connectivity index (χ1v) is 9.18. The van der Waals surface area contributed by atoms with Crippen LogP contribution in [0, 0.1) is 0 Å². The molecule has 0 radical (unpaired) electrons. The molecule has 0 unspecified atom stereocenters. The Bertz CT molecular complexity index is 760. The topological polar surface area (TPSA) is 44.8 Å². The number of carbonyl (C=O) groups excluding carboxylic acids is 1. The molecular formula is C19H21Cl2N3O2. The third-order valence-electron chi connectivity index (χ3n) is 4.42. The van der Waals surface area contributed by atoms with Gasteiger partial charge >= 0.3 is 6.03 Å². The summed E-state index contributed by atoms with van der Waals surface area (Å²) in [5, 5.41) is 4.22. The summed E-state index contributed by atoms with van der Waals surface area (Å²) in [5.74, 6) is 0.803. The smallest absolute Gasteiger partial charge is 0.317 e. The lowest BCUT2D eigenvalue weighted by Gasteiger charge is -2.36. The van der Waals surface area contributed by atoms with Gasteiger partial charge in [0.15, 0.2) is 0 Å². The number of halogens is 2. The number of ether oxygens (including phenoxy) is 1. The molecule has 2 amide bonds. The number of methoxy groups -OCH3 is 1. The summed E-state index contributed by atoms with van der Waals surface area (Å²) < 4.78 is 5.13. The first kappa shape index (κ1) is 18.7. The van der Waals surface area contributed by atoms with Crippen molar-refractivity contribution in [3.8, 4) is 5.75 Å². The van der Waals surface area contributed by atoms with Crippen molar-refractivity contribution in [2.24, 2.45) is 0 Å². The molecule has 0 aromatic heterocycles. The average Bonchev–Trinajstić information content (AvgIpc) is 2.67. The van der Waals surface area contributed by atoms with E-state index in [2.05, 4.69) is 10.2 Å². The van der Waals surface area contributed by atoms with E-state index in [9.17, 15) is 4.79 Å². The molecule has 0 spiro atoms. The second-order valence-corrected chi connectivity index (χ2v) is 6.92. The summed E-state index contributed by atoms with van der Waals surface area (Å²) in [4.78, 5) is 16.4. The highest BCUT2D eigenvalue weighted by Crippen LogP contribution is 2.29. The fourth-order valence-electron chi connectivity index (χ4n) is 2.92. The molecule has 2 aromatic carbocycles. The molecule has 0 atom stereocenters. The van der Waals surface area contributed by atoms with Crippen LogP contribution in [0.4, 0.5) is 10.5 Å². The minimum absolute atomic E-state index is 0.0531. The molecule has 5 nitrogen and oxygen atoms in total. The third kappa shape index (κ3) is 4.54. The summed E-state index contributed by atoms with van der Waals surface area (Å²) in [6, 6.07) is 13.1. The Morgan fingerprint density at radius 3 is 2.38 bits per heavy atom. The van der Waals surface area contributed by atoms with Crippen molar-refractivity contribution in [1.82, 2.24) is 10.2 Å². The van der Waals surface area contributed by atoms with Gasteiger partial charge in [-0.2, -0.15) is 0 Å². The second kappa shape index (κ2) is 8.52. The van der Waals surface area contributed by atoms with Crippen LogP contribution in [0.5, 0.6) is 5.75 Å². The van der Waals surface area contributed by atoms with Crippen molar-refractivity contribution in [2.75, 3.05) is 38.2 Å². The van der Waals surface area contributed by atoms with Gasteiger partial charge in [-0.15, -0.1) is 0 Å². The first-order valence-electron chi connectivity index (χ1n) is 8.42. The number of amides is 2. The largest absolute Gasteiger partial charge is 0.497 e. The zero-order valence-electron chi connectivity index (χ0n) is 14.5. The maximum absolute atomic E-state index is 12.4. The normalized spacial score (nSPS) is 14.3. The minimum atomic E-state index is -0.0531. The molecular weight excluding hydrogens is 373 g/mol. The van der Waals surface area contributed by atoms with Gasteiger partial charge in [-0.3, -0.25) is 0 Å². The van der Waals surface area contributed by atoms with Crippen LogP contribution in [0.2, 0.25) is 10.0 Å². The Labute approximate surface area is 163 Å². The predicted octanol–water partition coefficient (Wildman–Crippen LogP) is 4.03. The number of hydrogen-bond donors (Lipinski definition) is 1. The molecule has 1 aliphatic heterocycles. The Morgan fingerprint density at radius 1 is 1.08 bits per heavy atom. The van der Waals surface area contributed by atoms with Crippen LogP contribution in [0.3, 0.4) is 0 Å². The van der Waals surface area contributed by atoms with Crippen LogP contribution in [-0.2, 0) is 6.54 Å². The Balaban J connectivity index is 1.50. The number of benzene rings is 2. The molecule has 1 N–H and O–H groups in total. The summed E-state index contributed by atoms with van der Waals surface area (Å²) in [6.07, 6.45) is 0. The van der Waals surface area contributed by atoms with E-state index in [1.807, 2.05) is 41.3 Å². The van der Waals surface area contributed by atoms with Crippen LogP contribution in [0.1, 0.15) is 5.56 Å². The average molecular weight is 394 g/mol. The molecule has 1 saturated heterocycles. The van der Waals surface area contributed by atoms with E-state index in [1.165, 1.54) is 0 Å². The number of nitrogens with zero attached hydrogens (tertiary/aromatic N) is 2. The third-order valence-corrected chi connectivity index (χ3v) is 4.96. The lowest BCUT2D eigenvalue weighted by molar-refractivity contribution is 0.194. The van der Waals surface area contributed by atoms with E-state index in [0.29, 0.717) is 29.7 Å². The number of rotatable bonds is 4. The number of urea groups is 1. The van der Waals surface area contributed by atoms with Gasteiger partial charge in [-0.25, -0.2) is 4.79 Å². The molecule has 2 aromatic rings. The molecule has 1 fully saturated rings. The molecule has 138 valence electrons. The van der Waals surface area contributed by atoms with Crippen LogP contribution < -0.4 is 15.0 Å². The first-order chi connectivity index (χ1) is 12.6. The summed E-state index contributed by atoms with van der Waals surface area (Å²) in [6.45, 7) is 3.25. The van der Waals surface area contributed by atoms with Gasteiger partial charge < -0.3 is 19.9 Å². The highest BCUT2D eigenvalue weighted by Gasteiger charge is 2.22. The van der Waals surface area contributed by atoms with Crippen molar-refractivity contribution in [3.05, 3.63) is 58.1 Å². The summed E-state index contributed by atoms with van der Waals surface area (Å²) in [7, 11) is 1.63. The number of carbonyl (C=O) groups is 1. The van der Waals surface area contributed by atoms with Gasteiger partial charge in [0.25, 0.3) is 0 Å². The zero-order chi connectivity index (χ0) is 18.5. The monoisotopic (exact) mass is 393 g/mol. The SMILES string of the molecule is COc1ccc(CNC(=O)N2CCN(c3ccc(Cl)cc3Cl)CC2)cc1.